The smallest absolute Gasteiger partial charge is 0.259 e. The largest absolute Gasteiger partial charge is 0.383 e. The van der Waals surface area contributed by atoms with E-state index in [1.54, 1.807) is 7.05 Å². The minimum atomic E-state index is -3.67. The highest BCUT2D eigenvalue weighted by Crippen LogP contribution is 2.35. The summed E-state index contributed by atoms with van der Waals surface area (Å²) in [5.41, 5.74) is 6.29. The van der Waals surface area contributed by atoms with E-state index in [9.17, 15) is 13.2 Å². The van der Waals surface area contributed by atoms with E-state index in [0.717, 1.165) is 4.31 Å². The van der Waals surface area contributed by atoms with E-state index in [0.29, 0.717) is 11.0 Å². The van der Waals surface area contributed by atoms with Gasteiger partial charge in [0.15, 0.2) is 16.2 Å². The van der Waals surface area contributed by atoms with Crippen molar-refractivity contribution in [2.24, 2.45) is 7.05 Å². The summed E-state index contributed by atoms with van der Waals surface area (Å²) < 4.78 is 25.0. The molecule has 0 aromatic carbocycles. The van der Waals surface area contributed by atoms with Crippen LogP contribution in [0.25, 0.3) is 11.0 Å². The molecule has 2 aromatic rings. The Hall–Kier alpha value is -2.23. The molecule has 3 rings (SSSR count). The summed E-state index contributed by atoms with van der Waals surface area (Å²) in [5.74, 6) is -0.112. The monoisotopic (exact) mass is 310 g/mol. The highest BCUT2D eigenvalue weighted by Gasteiger charge is 2.60. The second-order valence-electron chi connectivity index (χ2n) is 5.36. The molecule has 0 radical (unpaired) electrons. The summed E-state index contributed by atoms with van der Waals surface area (Å²) in [4.78, 5) is 20.2. The second kappa shape index (κ2) is 3.91. The molecule has 0 aliphatic carbocycles. The molecule has 10 heteroatoms. The van der Waals surface area contributed by atoms with Crippen LogP contribution >= 0.6 is 0 Å². The molecule has 0 unspecified atom stereocenters. The zero-order chi connectivity index (χ0) is 15.6. The molecule has 21 heavy (non-hydrogen) atoms. The minimum Gasteiger partial charge on any atom is -0.383 e. The maximum Gasteiger partial charge on any atom is 0.259 e. The molecule has 0 saturated carbocycles. The fourth-order valence-corrected chi connectivity index (χ4v) is 3.68. The van der Waals surface area contributed by atoms with Crippen molar-refractivity contribution < 1.29 is 13.2 Å². The molecule has 1 aliphatic rings. The number of hydrogen-bond acceptors (Lipinski definition) is 7. The van der Waals surface area contributed by atoms with Gasteiger partial charge in [0.2, 0.25) is 0 Å². The van der Waals surface area contributed by atoms with Crippen molar-refractivity contribution in [2.75, 3.05) is 5.73 Å². The zero-order valence-electron chi connectivity index (χ0n) is 11.7. The zero-order valence-corrected chi connectivity index (χ0v) is 12.5. The van der Waals surface area contributed by atoms with Gasteiger partial charge in [0.05, 0.1) is 18.1 Å². The minimum absolute atomic E-state index is 0.163. The van der Waals surface area contributed by atoms with Gasteiger partial charge >= 0.3 is 0 Å². The normalized spacial score (nSPS) is 19.8. The number of carbonyl (C=O) groups excluding carboxylic acids is 1. The molecule has 2 N–H and O–H groups in total. The predicted octanol–water partition coefficient (Wildman–Crippen LogP) is -0.604. The first-order valence-electron chi connectivity index (χ1n) is 6.17. The van der Waals surface area contributed by atoms with Crippen LogP contribution < -0.4 is 5.73 Å². The topological polar surface area (TPSA) is 124 Å². The number of rotatable bonds is 2. The summed E-state index contributed by atoms with van der Waals surface area (Å²) in [6.07, 6.45) is 1.53. The first-order chi connectivity index (χ1) is 9.66. The maximum absolute atomic E-state index is 12.1. The van der Waals surface area contributed by atoms with E-state index in [1.807, 2.05) is 0 Å². The third-order valence-electron chi connectivity index (χ3n) is 3.63. The third kappa shape index (κ3) is 1.65. The summed E-state index contributed by atoms with van der Waals surface area (Å²) in [6, 6.07) is 0. The number of nitrogens with zero attached hydrogens (tertiary/aromatic N) is 5. The molecule has 112 valence electrons. The Morgan fingerprint density at radius 3 is 2.62 bits per heavy atom. The van der Waals surface area contributed by atoms with E-state index in [-0.39, 0.29) is 18.2 Å². The molecular formula is C11H14N6O3S. The molecule has 1 aliphatic heterocycles. The van der Waals surface area contributed by atoms with Gasteiger partial charge < -0.3 is 5.73 Å². The Balaban J connectivity index is 2.00. The Morgan fingerprint density at radius 2 is 2.00 bits per heavy atom. The Morgan fingerprint density at radius 1 is 1.33 bits per heavy atom. The molecule has 1 fully saturated rings. The van der Waals surface area contributed by atoms with Crippen LogP contribution in [0.4, 0.5) is 5.82 Å². The summed E-state index contributed by atoms with van der Waals surface area (Å²) in [7, 11) is -1.98. The van der Waals surface area contributed by atoms with Crippen molar-refractivity contribution >= 4 is 32.8 Å². The Bertz CT molecular complexity index is 869. The lowest BCUT2D eigenvalue weighted by Gasteiger charge is -2.42. The number of fused-ring (bicyclic) bond motifs is 1. The maximum atomic E-state index is 12.1. The molecule has 3 heterocycles. The lowest BCUT2D eigenvalue weighted by atomic mass is 10.2. The molecular weight excluding hydrogens is 296 g/mol. The lowest BCUT2D eigenvalue weighted by molar-refractivity contribution is -0.132. The van der Waals surface area contributed by atoms with Crippen LogP contribution in [0.5, 0.6) is 0 Å². The molecule has 0 bridgehead atoms. The van der Waals surface area contributed by atoms with E-state index in [2.05, 4.69) is 15.1 Å². The highest BCUT2D eigenvalue weighted by molar-refractivity contribution is 7.94. The van der Waals surface area contributed by atoms with Crippen molar-refractivity contribution in [3.63, 3.8) is 0 Å². The SMILES string of the molecule is Cn1ncc2c(N)nc(CN3C(=O)C(C)(C)S3(=O)=O)nc21. The third-order valence-corrected chi connectivity index (χ3v) is 5.97. The quantitative estimate of drug-likeness (QED) is 0.785. The molecule has 1 amide bonds. The van der Waals surface area contributed by atoms with Gasteiger partial charge in [-0.1, -0.05) is 0 Å². The fourth-order valence-electron chi connectivity index (χ4n) is 2.20. The first kappa shape index (κ1) is 13.7. The van der Waals surface area contributed by atoms with E-state index in [1.165, 1.54) is 24.7 Å². The van der Waals surface area contributed by atoms with Gasteiger partial charge in [0.1, 0.15) is 5.82 Å². The average Bonchev–Trinajstić information content (AvgIpc) is 2.77. The van der Waals surface area contributed by atoms with E-state index >= 15 is 0 Å². The Labute approximate surface area is 120 Å². The van der Waals surface area contributed by atoms with Crippen LogP contribution in [0.15, 0.2) is 6.20 Å². The first-order valence-corrected chi connectivity index (χ1v) is 7.61. The fraction of sp³-hybridized carbons (Fsp3) is 0.455. The van der Waals surface area contributed by atoms with Gasteiger partial charge in [-0.25, -0.2) is 22.7 Å². The Kier molecular flexibility index (Phi) is 2.56. The van der Waals surface area contributed by atoms with Crippen molar-refractivity contribution in [2.45, 2.75) is 25.1 Å². The molecule has 0 atom stereocenters. The predicted molar refractivity (Wildman–Crippen MR) is 74.3 cm³/mol. The van der Waals surface area contributed by atoms with E-state index < -0.39 is 20.7 Å². The van der Waals surface area contributed by atoms with Crippen molar-refractivity contribution in [1.82, 2.24) is 24.1 Å². The van der Waals surface area contributed by atoms with Crippen molar-refractivity contribution in [3.8, 4) is 0 Å². The number of nitrogens with two attached hydrogens (primary N) is 1. The standard InChI is InChI=1S/C11H14N6O3S/c1-11(2)10(18)17(21(11,19)20)5-7-14-8(12)6-4-13-16(3)9(6)15-7/h4H,5H2,1-3H3,(H2,12,14,15). The number of carbonyl (C=O) groups is 1. The van der Waals surface area contributed by atoms with Crippen LogP contribution in [0.2, 0.25) is 0 Å². The lowest BCUT2D eigenvalue weighted by Crippen LogP contribution is -2.66. The van der Waals surface area contributed by atoms with Crippen LogP contribution in [-0.2, 0) is 28.4 Å². The molecule has 9 nitrogen and oxygen atoms in total. The number of hydrogen-bond donors (Lipinski definition) is 1. The van der Waals surface area contributed by atoms with Gasteiger partial charge in [-0.3, -0.25) is 9.48 Å². The van der Waals surface area contributed by atoms with Gasteiger partial charge in [-0.05, 0) is 13.8 Å². The number of aromatic nitrogens is 4. The van der Waals surface area contributed by atoms with Crippen molar-refractivity contribution in [1.29, 1.82) is 0 Å². The summed E-state index contributed by atoms with van der Waals surface area (Å²) in [6.45, 7) is 2.53. The van der Waals surface area contributed by atoms with Crippen LogP contribution in [0.1, 0.15) is 19.7 Å². The number of amides is 1. The molecule has 1 saturated heterocycles. The van der Waals surface area contributed by atoms with Crippen molar-refractivity contribution in [3.05, 3.63) is 12.0 Å². The van der Waals surface area contributed by atoms with Gasteiger partial charge in [-0.15, -0.1) is 0 Å². The number of aryl methyl sites for hydroxylation is 1. The van der Waals surface area contributed by atoms with Gasteiger partial charge in [0, 0.05) is 7.05 Å². The number of anilines is 1. The highest BCUT2D eigenvalue weighted by atomic mass is 32.2. The van der Waals surface area contributed by atoms with Crippen LogP contribution in [-0.4, -0.2) is 43.1 Å². The van der Waals surface area contributed by atoms with Gasteiger partial charge in [-0.2, -0.15) is 5.10 Å². The molecule has 0 spiro atoms. The average molecular weight is 310 g/mol. The number of nitrogen functional groups attached to an aromatic ring is 1. The summed E-state index contributed by atoms with van der Waals surface area (Å²) >= 11 is 0. The van der Waals surface area contributed by atoms with Crippen LogP contribution in [0.3, 0.4) is 0 Å². The molecule has 2 aromatic heterocycles. The van der Waals surface area contributed by atoms with Crippen LogP contribution in [0, 0.1) is 0 Å². The van der Waals surface area contributed by atoms with E-state index in [4.69, 9.17) is 5.73 Å². The number of sulfonamides is 1. The second-order valence-corrected chi connectivity index (χ2v) is 7.77. The summed E-state index contributed by atoms with van der Waals surface area (Å²) in [5, 5.41) is 4.60. The van der Waals surface area contributed by atoms with Gasteiger partial charge in [0.25, 0.3) is 15.9 Å².